The number of likely N-dealkylation sites (N-methyl/N-ethyl adjacent to an activating group) is 1. The lowest BCUT2D eigenvalue weighted by Gasteiger charge is -2.28. The minimum Gasteiger partial charge on any atom is -0.444 e. The highest BCUT2D eigenvalue weighted by Crippen LogP contribution is 2.29. The van der Waals surface area contributed by atoms with Crippen LogP contribution in [0.15, 0.2) is 48.7 Å². The van der Waals surface area contributed by atoms with Gasteiger partial charge in [-0.3, -0.25) is 4.79 Å². The van der Waals surface area contributed by atoms with Crippen molar-refractivity contribution < 1.29 is 19.1 Å². The number of pyridine rings is 2. The lowest BCUT2D eigenvalue weighted by atomic mass is 9.82. The first-order chi connectivity index (χ1) is 20.4. The van der Waals surface area contributed by atoms with E-state index in [1.807, 2.05) is 56.6 Å². The van der Waals surface area contributed by atoms with E-state index in [9.17, 15) is 9.59 Å². The summed E-state index contributed by atoms with van der Waals surface area (Å²) in [6.45, 7) is 4.11. The van der Waals surface area contributed by atoms with E-state index in [0.717, 1.165) is 73.2 Å². The van der Waals surface area contributed by atoms with E-state index in [2.05, 4.69) is 25.8 Å². The average molecular weight is 575 g/mol. The average Bonchev–Trinajstić information content (AvgIpc) is 3.52. The summed E-state index contributed by atoms with van der Waals surface area (Å²) in [5, 5.41) is 10.3. The number of benzene rings is 1. The van der Waals surface area contributed by atoms with Crippen LogP contribution in [0, 0.1) is 11.8 Å². The molecule has 10 heteroatoms. The van der Waals surface area contributed by atoms with Crippen LogP contribution in [0.5, 0.6) is 0 Å². The first kappa shape index (κ1) is 29.7. The number of aromatic nitrogens is 2. The second kappa shape index (κ2) is 14.4. The smallest absolute Gasteiger partial charge is 0.407 e. The Kier molecular flexibility index (Phi) is 10.2. The molecule has 3 N–H and O–H groups in total. The molecule has 1 aliphatic carbocycles. The third-order valence-corrected chi connectivity index (χ3v) is 8.10. The van der Waals surface area contributed by atoms with Crippen molar-refractivity contribution >= 4 is 28.7 Å². The fourth-order valence-electron chi connectivity index (χ4n) is 5.57. The number of anilines is 1. The molecule has 10 nitrogen and oxygen atoms in total. The van der Waals surface area contributed by atoms with E-state index >= 15 is 0 Å². The second-order valence-corrected chi connectivity index (χ2v) is 11.6. The van der Waals surface area contributed by atoms with Crippen molar-refractivity contribution in [1.29, 1.82) is 0 Å². The molecular weight excluding hydrogens is 532 g/mol. The number of para-hydroxylation sites is 1. The molecule has 1 aromatic carbocycles. The lowest BCUT2D eigenvalue weighted by molar-refractivity contribution is 0.0813. The molecule has 3 aromatic rings. The summed E-state index contributed by atoms with van der Waals surface area (Å²) in [5.74, 6) is 1.56. The maximum Gasteiger partial charge on any atom is 0.407 e. The summed E-state index contributed by atoms with van der Waals surface area (Å²) in [5.41, 5.74) is 2.98. The normalized spacial score (nSPS) is 20.4. The van der Waals surface area contributed by atoms with Gasteiger partial charge in [-0.05, 0) is 75.9 Å². The van der Waals surface area contributed by atoms with Gasteiger partial charge in [-0.2, -0.15) is 0 Å². The van der Waals surface area contributed by atoms with Gasteiger partial charge in [0.25, 0.3) is 5.91 Å². The molecule has 0 radical (unpaired) electrons. The minimum atomic E-state index is -0.354. The number of alkyl carbamates (subject to hydrolysis) is 1. The number of carbonyl (C=O) groups excluding carboxylic acids is 2. The number of fused-ring (bicyclic) bond motifs is 1. The molecule has 0 unspecified atom stereocenters. The fourth-order valence-corrected chi connectivity index (χ4v) is 5.57. The highest BCUT2D eigenvalue weighted by atomic mass is 16.6. The number of nitrogens with zero attached hydrogens (tertiary/aromatic N) is 3. The fraction of sp³-hybridized carbons (Fsp3) is 0.500. The number of nitrogens with one attached hydrogen (secondary N) is 3. The van der Waals surface area contributed by atoms with Crippen LogP contribution >= 0.6 is 0 Å². The maximum absolute atomic E-state index is 13.5. The third kappa shape index (κ3) is 8.17. The zero-order chi connectivity index (χ0) is 29.3. The molecule has 3 heterocycles. The molecule has 5 rings (SSSR count). The van der Waals surface area contributed by atoms with Crippen molar-refractivity contribution in [3.63, 3.8) is 0 Å². The highest BCUT2D eigenvalue weighted by Gasteiger charge is 2.24. The highest BCUT2D eigenvalue weighted by molar-refractivity contribution is 6.07. The van der Waals surface area contributed by atoms with Gasteiger partial charge in [0.15, 0.2) is 0 Å². The van der Waals surface area contributed by atoms with Gasteiger partial charge in [0.05, 0.1) is 30.0 Å². The van der Waals surface area contributed by atoms with E-state index in [0.29, 0.717) is 43.7 Å². The first-order valence-corrected chi connectivity index (χ1v) is 15.0. The van der Waals surface area contributed by atoms with Crippen LogP contribution in [-0.4, -0.2) is 86.5 Å². The minimum absolute atomic E-state index is 0.0905. The van der Waals surface area contributed by atoms with Crippen molar-refractivity contribution in [3.05, 3.63) is 54.2 Å². The van der Waals surface area contributed by atoms with Gasteiger partial charge in [-0.15, -0.1) is 0 Å². The summed E-state index contributed by atoms with van der Waals surface area (Å²) < 4.78 is 10.6. The Hall–Kier alpha value is -3.76. The molecule has 2 fully saturated rings. The number of hydrogen-bond donors (Lipinski definition) is 3. The number of ether oxygens (including phenoxy) is 2. The molecule has 1 atom stereocenters. The van der Waals surface area contributed by atoms with Crippen LogP contribution in [0.1, 0.15) is 42.5 Å². The molecule has 0 bridgehead atoms. The van der Waals surface area contributed by atoms with Gasteiger partial charge >= 0.3 is 6.09 Å². The van der Waals surface area contributed by atoms with E-state index < -0.39 is 0 Å². The Morgan fingerprint density at radius 3 is 2.45 bits per heavy atom. The zero-order valence-corrected chi connectivity index (χ0v) is 24.6. The van der Waals surface area contributed by atoms with Crippen LogP contribution in [0.25, 0.3) is 22.2 Å². The summed E-state index contributed by atoms with van der Waals surface area (Å²) in [4.78, 5) is 37.0. The van der Waals surface area contributed by atoms with E-state index in [1.54, 1.807) is 6.20 Å². The molecule has 2 amide bonds. The molecule has 1 aliphatic heterocycles. The van der Waals surface area contributed by atoms with Crippen LogP contribution in [-0.2, 0) is 9.47 Å². The third-order valence-electron chi connectivity index (χ3n) is 8.10. The van der Waals surface area contributed by atoms with Crippen LogP contribution in [0.4, 0.5) is 10.6 Å². The topological polar surface area (TPSA) is 118 Å². The Morgan fingerprint density at radius 2 is 1.76 bits per heavy atom. The monoisotopic (exact) mass is 574 g/mol. The van der Waals surface area contributed by atoms with Gasteiger partial charge < -0.3 is 30.3 Å². The van der Waals surface area contributed by atoms with E-state index in [-0.39, 0.29) is 18.1 Å². The van der Waals surface area contributed by atoms with Crippen molar-refractivity contribution in [3.8, 4) is 11.3 Å². The second-order valence-electron chi connectivity index (χ2n) is 11.6. The lowest BCUT2D eigenvalue weighted by Crippen LogP contribution is -2.36. The van der Waals surface area contributed by atoms with Crippen molar-refractivity contribution in [2.45, 2.75) is 38.2 Å². The Labute approximate surface area is 247 Å². The number of hydrogen-bond acceptors (Lipinski definition) is 8. The Balaban J connectivity index is 1.14. The van der Waals surface area contributed by atoms with E-state index in [1.165, 1.54) is 0 Å². The van der Waals surface area contributed by atoms with E-state index in [4.69, 9.17) is 14.5 Å². The number of amides is 2. The van der Waals surface area contributed by atoms with Crippen molar-refractivity contribution in [2.24, 2.45) is 11.8 Å². The quantitative estimate of drug-likeness (QED) is 0.310. The molecule has 2 aromatic heterocycles. The molecule has 224 valence electrons. The van der Waals surface area contributed by atoms with Crippen LogP contribution < -0.4 is 16.0 Å². The van der Waals surface area contributed by atoms with Gasteiger partial charge in [-0.25, -0.2) is 14.8 Å². The predicted octanol–water partition coefficient (Wildman–Crippen LogP) is 4.32. The van der Waals surface area contributed by atoms with Crippen molar-refractivity contribution in [1.82, 2.24) is 25.5 Å². The van der Waals surface area contributed by atoms with Gasteiger partial charge in [-0.1, -0.05) is 18.2 Å². The molecule has 1 saturated carbocycles. The summed E-state index contributed by atoms with van der Waals surface area (Å²) in [6.07, 6.45) is 6.14. The first-order valence-electron chi connectivity index (χ1n) is 15.0. The summed E-state index contributed by atoms with van der Waals surface area (Å²) in [6, 6.07) is 13.6. The largest absolute Gasteiger partial charge is 0.444 e. The summed E-state index contributed by atoms with van der Waals surface area (Å²) >= 11 is 0. The van der Waals surface area contributed by atoms with Crippen LogP contribution in [0.3, 0.4) is 0 Å². The molecule has 2 aliphatic rings. The standard InChI is InChI=1S/C32H42N6O4/c1-38(2)15-14-33-30-12-11-24(20-34-30)29-17-27(26-5-3-4-6-28(26)37-29)31(39)35-18-22-7-9-23(10-8-22)19-36-32(40)42-25-13-16-41-21-25/h3-6,11-12,17,20,22-23,25H,7-10,13-16,18-19,21H2,1-2H3,(H,33,34)(H,35,39)(H,36,40)/t22-,23-,25-/m0/s1. The number of carbonyl (C=O) groups is 2. The van der Waals surface area contributed by atoms with Crippen molar-refractivity contribution in [2.75, 3.05) is 58.8 Å². The van der Waals surface area contributed by atoms with Gasteiger partial charge in [0, 0.05) is 49.7 Å². The van der Waals surface area contributed by atoms with Gasteiger partial charge in [0.1, 0.15) is 11.9 Å². The van der Waals surface area contributed by atoms with Gasteiger partial charge in [0.2, 0.25) is 0 Å². The molecule has 1 saturated heterocycles. The SMILES string of the molecule is CN(C)CCNc1ccc(-c2cc(C(=O)NC[C@H]3CC[C@H](CNC(=O)O[C@H]4CCOC4)CC3)c3ccccc3n2)cn1. The molecule has 42 heavy (non-hydrogen) atoms. The zero-order valence-electron chi connectivity index (χ0n) is 24.6. The summed E-state index contributed by atoms with van der Waals surface area (Å²) in [7, 11) is 4.08. The molecule has 0 spiro atoms. The number of rotatable bonds is 11. The maximum atomic E-state index is 13.5. The Morgan fingerprint density at radius 1 is 1.00 bits per heavy atom. The Bertz CT molecular complexity index is 1330. The molecular formula is C32H42N6O4. The predicted molar refractivity (Wildman–Crippen MR) is 164 cm³/mol. The van der Waals surface area contributed by atoms with Crippen LogP contribution in [0.2, 0.25) is 0 Å².